The topological polar surface area (TPSA) is 49.4 Å². The molecule has 1 aliphatic carbocycles. The summed E-state index contributed by atoms with van der Waals surface area (Å²) < 4.78 is 0. The third-order valence-electron chi connectivity index (χ3n) is 5.08. The summed E-state index contributed by atoms with van der Waals surface area (Å²) in [6, 6.07) is -0.625. The molecule has 2 amide bonds. The Balaban J connectivity index is 1.98. The van der Waals surface area contributed by atoms with Gasteiger partial charge in [0.2, 0.25) is 11.8 Å². The van der Waals surface area contributed by atoms with Gasteiger partial charge in [-0.05, 0) is 38.0 Å². The van der Waals surface area contributed by atoms with E-state index in [0.29, 0.717) is 12.3 Å². The lowest BCUT2D eigenvalue weighted by molar-refractivity contribution is -0.149. The average molecular weight is 280 g/mol. The molecule has 2 rings (SSSR count). The predicted octanol–water partition coefficient (Wildman–Crippen LogP) is 2.33. The first-order chi connectivity index (χ1) is 9.56. The number of carbonyl (C=O) groups is 2. The van der Waals surface area contributed by atoms with Crippen molar-refractivity contribution in [2.24, 2.45) is 11.8 Å². The van der Waals surface area contributed by atoms with E-state index < -0.39 is 0 Å². The van der Waals surface area contributed by atoms with E-state index in [1.807, 2.05) is 11.8 Å². The number of rotatable bonds is 4. The summed E-state index contributed by atoms with van der Waals surface area (Å²) in [6.07, 6.45) is 6.94. The Bertz CT molecular complexity index is 361. The van der Waals surface area contributed by atoms with Gasteiger partial charge in [-0.3, -0.25) is 9.59 Å². The minimum absolute atomic E-state index is 0.0156. The monoisotopic (exact) mass is 280 g/mol. The minimum atomic E-state index is -0.364. The lowest BCUT2D eigenvalue weighted by atomic mass is 9.80. The van der Waals surface area contributed by atoms with Crippen molar-refractivity contribution in [3.05, 3.63) is 0 Å². The van der Waals surface area contributed by atoms with E-state index >= 15 is 0 Å². The SMILES string of the molecule is CCC1CCC(CN2C(=O)C(C)NC(=O)C2CC)CC1. The standard InChI is InChI=1S/C16H28N2O2/c1-4-12-6-8-13(9-7-12)10-18-14(5-2)15(19)17-11(3)16(18)20/h11-14H,4-10H2,1-3H3,(H,17,19). The number of nitrogens with zero attached hydrogens (tertiary/aromatic N) is 1. The number of nitrogens with one attached hydrogen (secondary N) is 1. The molecule has 1 saturated heterocycles. The molecule has 20 heavy (non-hydrogen) atoms. The molecule has 0 aromatic carbocycles. The van der Waals surface area contributed by atoms with Crippen LogP contribution >= 0.6 is 0 Å². The maximum absolute atomic E-state index is 12.3. The molecule has 4 heteroatoms. The number of carbonyl (C=O) groups excluding carboxylic acids is 2. The Morgan fingerprint density at radius 1 is 1.05 bits per heavy atom. The van der Waals surface area contributed by atoms with Crippen LogP contribution in [-0.2, 0) is 9.59 Å². The van der Waals surface area contributed by atoms with Gasteiger partial charge in [0.05, 0.1) is 0 Å². The van der Waals surface area contributed by atoms with Gasteiger partial charge in [-0.1, -0.05) is 33.1 Å². The summed E-state index contributed by atoms with van der Waals surface area (Å²) in [5.74, 6) is 1.55. The summed E-state index contributed by atoms with van der Waals surface area (Å²) in [4.78, 5) is 26.2. The summed E-state index contributed by atoms with van der Waals surface area (Å²) >= 11 is 0. The molecule has 114 valence electrons. The third-order valence-corrected chi connectivity index (χ3v) is 5.08. The Morgan fingerprint density at radius 3 is 2.20 bits per heavy atom. The maximum Gasteiger partial charge on any atom is 0.245 e. The third kappa shape index (κ3) is 3.15. The molecule has 4 nitrogen and oxygen atoms in total. The predicted molar refractivity (Wildman–Crippen MR) is 79.1 cm³/mol. The molecule has 0 aromatic rings. The lowest BCUT2D eigenvalue weighted by Gasteiger charge is -2.40. The first kappa shape index (κ1) is 15.3. The van der Waals surface area contributed by atoms with Gasteiger partial charge >= 0.3 is 0 Å². The Hall–Kier alpha value is -1.06. The highest BCUT2D eigenvalue weighted by Crippen LogP contribution is 2.32. The highest BCUT2D eigenvalue weighted by Gasteiger charge is 2.38. The average Bonchev–Trinajstić information content (AvgIpc) is 2.45. The fourth-order valence-corrected chi connectivity index (χ4v) is 3.64. The fraction of sp³-hybridized carbons (Fsp3) is 0.875. The second-order valence-electron chi connectivity index (χ2n) is 6.44. The van der Waals surface area contributed by atoms with Crippen LogP contribution in [0.5, 0.6) is 0 Å². The van der Waals surface area contributed by atoms with Gasteiger partial charge in [-0.25, -0.2) is 0 Å². The normalized spacial score (nSPS) is 35.0. The molecule has 2 unspecified atom stereocenters. The molecule has 1 aliphatic heterocycles. The van der Waals surface area contributed by atoms with Crippen molar-refractivity contribution >= 4 is 11.8 Å². The first-order valence-electron chi connectivity index (χ1n) is 8.17. The maximum atomic E-state index is 12.3. The quantitative estimate of drug-likeness (QED) is 0.859. The van der Waals surface area contributed by atoms with Gasteiger partial charge < -0.3 is 10.2 Å². The summed E-state index contributed by atoms with van der Waals surface area (Å²) in [6.45, 7) is 6.80. The van der Waals surface area contributed by atoms with Crippen molar-refractivity contribution in [1.82, 2.24) is 10.2 Å². The van der Waals surface area contributed by atoms with Crippen LogP contribution in [-0.4, -0.2) is 35.3 Å². The van der Waals surface area contributed by atoms with Gasteiger partial charge in [0.1, 0.15) is 12.1 Å². The highest BCUT2D eigenvalue weighted by molar-refractivity contribution is 5.96. The van der Waals surface area contributed by atoms with Crippen molar-refractivity contribution in [3.8, 4) is 0 Å². The second kappa shape index (κ2) is 6.59. The molecule has 0 bridgehead atoms. The molecule has 0 spiro atoms. The molecular weight excluding hydrogens is 252 g/mol. The van der Waals surface area contributed by atoms with Crippen LogP contribution in [0.4, 0.5) is 0 Å². The lowest BCUT2D eigenvalue weighted by Crippen LogP contribution is -2.63. The molecular formula is C16H28N2O2. The van der Waals surface area contributed by atoms with Gasteiger partial charge in [0, 0.05) is 6.54 Å². The van der Waals surface area contributed by atoms with Crippen molar-refractivity contribution in [3.63, 3.8) is 0 Å². The molecule has 2 fully saturated rings. The van der Waals surface area contributed by atoms with E-state index in [1.165, 1.54) is 32.1 Å². The molecule has 1 N–H and O–H groups in total. The van der Waals surface area contributed by atoms with Crippen LogP contribution in [0.15, 0.2) is 0 Å². The van der Waals surface area contributed by atoms with Crippen LogP contribution in [0.2, 0.25) is 0 Å². The first-order valence-corrected chi connectivity index (χ1v) is 8.17. The summed E-state index contributed by atoms with van der Waals surface area (Å²) in [5, 5.41) is 2.78. The zero-order valence-corrected chi connectivity index (χ0v) is 13.0. The van der Waals surface area contributed by atoms with Crippen LogP contribution < -0.4 is 5.32 Å². The molecule has 2 aliphatic rings. The van der Waals surface area contributed by atoms with Gasteiger partial charge in [0.25, 0.3) is 0 Å². The molecule has 0 radical (unpaired) electrons. The van der Waals surface area contributed by atoms with Crippen LogP contribution in [0.25, 0.3) is 0 Å². The van der Waals surface area contributed by atoms with Crippen molar-refractivity contribution in [2.75, 3.05) is 6.54 Å². The smallest absolute Gasteiger partial charge is 0.245 e. The largest absolute Gasteiger partial charge is 0.343 e. The number of piperazine rings is 1. The number of amides is 2. The van der Waals surface area contributed by atoms with Gasteiger partial charge in [-0.2, -0.15) is 0 Å². The van der Waals surface area contributed by atoms with Crippen LogP contribution in [0.1, 0.15) is 59.3 Å². The summed E-state index contributed by atoms with van der Waals surface area (Å²) in [5.41, 5.74) is 0. The van der Waals surface area contributed by atoms with Crippen LogP contribution in [0.3, 0.4) is 0 Å². The Morgan fingerprint density at radius 2 is 1.65 bits per heavy atom. The molecule has 1 heterocycles. The van der Waals surface area contributed by atoms with E-state index in [1.54, 1.807) is 6.92 Å². The molecule has 2 atom stereocenters. The summed E-state index contributed by atoms with van der Waals surface area (Å²) in [7, 11) is 0. The van der Waals surface area contributed by atoms with Gasteiger partial charge in [0.15, 0.2) is 0 Å². The molecule has 0 aromatic heterocycles. The van der Waals surface area contributed by atoms with Crippen molar-refractivity contribution in [1.29, 1.82) is 0 Å². The van der Waals surface area contributed by atoms with E-state index in [4.69, 9.17) is 0 Å². The zero-order chi connectivity index (χ0) is 14.7. The molecule has 1 saturated carbocycles. The van der Waals surface area contributed by atoms with Crippen molar-refractivity contribution in [2.45, 2.75) is 71.4 Å². The van der Waals surface area contributed by atoms with E-state index in [2.05, 4.69) is 12.2 Å². The fourth-order valence-electron chi connectivity index (χ4n) is 3.64. The Labute approximate surface area is 122 Å². The van der Waals surface area contributed by atoms with Crippen LogP contribution in [0, 0.1) is 11.8 Å². The van der Waals surface area contributed by atoms with E-state index in [0.717, 1.165) is 12.5 Å². The van der Waals surface area contributed by atoms with E-state index in [9.17, 15) is 9.59 Å². The minimum Gasteiger partial charge on any atom is -0.343 e. The van der Waals surface area contributed by atoms with E-state index in [-0.39, 0.29) is 23.9 Å². The highest BCUT2D eigenvalue weighted by atomic mass is 16.2. The Kier molecular flexibility index (Phi) is 5.06. The zero-order valence-electron chi connectivity index (χ0n) is 13.0. The number of hydrogen-bond donors (Lipinski definition) is 1. The van der Waals surface area contributed by atoms with Gasteiger partial charge in [-0.15, -0.1) is 0 Å². The number of hydrogen-bond acceptors (Lipinski definition) is 2. The second-order valence-corrected chi connectivity index (χ2v) is 6.44. The van der Waals surface area contributed by atoms with Crippen molar-refractivity contribution < 1.29 is 9.59 Å².